The number of hydrogen-bond acceptors (Lipinski definition) is 3. The van der Waals surface area contributed by atoms with Crippen LogP contribution in [0, 0.1) is 17.1 Å². The molecule has 0 spiro atoms. The molecule has 21 heavy (non-hydrogen) atoms. The van der Waals surface area contributed by atoms with Crippen LogP contribution in [0.25, 0.3) is 11.1 Å². The molecule has 0 radical (unpaired) electrons. The van der Waals surface area contributed by atoms with E-state index in [4.69, 9.17) is 5.26 Å². The van der Waals surface area contributed by atoms with E-state index >= 15 is 0 Å². The topological polar surface area (TPSA) is 61.9 Å². The first-order valence-electron chi connectivity index (χ1n) is 6.39. The number of halogens is 1. The molecule has 1 amide bonds. The summed E-state index contributed by atoms with van der Waals surface area (Å²) in [6.07, 6.45) is 3.36. The van der Waals surface area contributed by atoms with Crippen molar-refractivity contribution in [1.29, 1.82) is 5.26 Å². The standard InChI is InChI=1S/C15H15FN4O/c1-19(2)15(21)10-20-9-12(8-18-20)13-7-11(5-6-17)3-4-14(13)16/h3-4,7-9H,5,10H2,1-2H3. The predicted octanol–water partition coefficient (Wildman–Crippen LogP) is 1.84. The van der Waals surface area contributed by atoms with Crippen LogP contribution in [0.4, 0.5) is 4.39 Å². The lowest BCUT2D eigenvalue weighted by atomic mass is 10.0. The van der Waals surface area contributed by atoms with E-state index < -0.39 is 0 Å². The van der Waals surface area contributed by atoms with Crippen molar-refractivity contribution in [1.82, 2.24) is 14.7 Å². The van der Waals surface area contributed by atoms with Gasteiger partial charge in [0.05, 0.1) is 18.7 Å². The number of rotatable bonds is 4. The number of carbonyl (C=O) groups is 1. The Morgan fingerprint density at radius 3 is 2.90 bits per heavy atom. The number of benzene rings is 1. The van der Waals surface area contributed by atoms with Crippen LogP contribution in [0.15, 0.2) is 30.6 Å². The van der Waals surface area contributed by atoms with Crippen molar-refractivity contribution in [2.45, 2.75) is 13.0 Å². The highest BCUT2D eigenvalue weighted by molar-refractivity contribution is 5.75. The summed E-state index contributed by atoms with van der Waals surface area (Å²) in [7, 11) is 3.33. The maximum absolute atomic E-state index is 13.9. The average molecular weight is 286 g/mol. The van der Waals surface area contributed by atoms with Crippen molar-refractivity contribution in [3.05, 3.63) is 42.0 Å². The maximum Gasteiger partial charge on any atom is 0.243 e. The summed E-state index contributed by atoms with van der Waals surface area (Å²) < 4.78 is 15.4. The summed E-state index contributed by atoms with van der Waals surface area (Å²) in [4.78, 5) is 13.1. The van der Waals surface area contributed by atoms with Gasteiger partial charge in [-0.3, -0.25) is 9.48 Å². The number of nitriles is 1. The minimum Gasteiger partial charge on any atom is -0.347 e. The molecule has 0 aliphatic rings. The third-order valence-corrected chi connectivity index (χ3v) is 3.05. The summed E-state index contributed by atoms with van der Waals surface area (Å²) >= 11 is 0. The molecule has 2 rings (SSSR count). The molecule has 0 bridgehead atoms. The Balaban J connectivity index is 2.27. The smallest absolute Gasteiger partial charge is 0.243 e. The van der Waals surface area contributed by atoms with Crippen LogP contribution in [0.1, 0.15) is 5.56 Å². The van der Waals surface area contributed by atoms with Crippen LogP contribution in [-0.2, 0) is 17.8 Å². The molecule has 0 saturated carbocycles. The van der Waals surface area contributed by atoms with Crippen LogP contribution < -0.4 is 0 Å². The van der Waals surface area contributed by atoms with Gasteiger partial charge in [0.15, 0.2) is 0 Å². The van der Waals surface area contributed by atoms with Gasteiger partial charge in [-0.2, -0.15) is 10.4 Å². The van der Waals surface area contributed by atoms with Gasteiger partial charge in [0.1, 0.15) is 12.4 Å². The summed E-state index contributed by atoms with van der Waals surface area (Å²) in [6.45, 7) is 0.104. The Morgan fingerprint density at radius 1 is 1.48 bits per heavy atom. The van der Waals surface area contributed by atoms with E-state index in [1.165, 1.54) is 21.8 Å². The minimum atomic E-state index is -0.379. The van der Waals surface area contributed by atoms with Gasteiger partial charge < -0.3 is 4.90 Å². The number of amides is 1. The lowest BCUT2D eigenvalue weighted by Crippen LogP contribution is -2.26. The normalized spacial score (nSPS) is 10.2. The van der Waals surface area contributed by atoms with Gasteiger partial charge in [0.25, 0.3) is 0 Å². The first kappa shape index (κ1) is 14.7. The Bertz CT molecular complexity index is 700. The van der Waals surface area contributed by atoms with Crippen molar-refractivity contribution in [3.8, 4) is 17.2 Å². The van der Waals surface area contributed by atoms with E-state index in [1.807, 2.05) is 6.07 Å². The monoisotopic (exact) mass is 286 g/mol. The number of likely N-dealkylation sites (N-methyl/N-ethyl adjacent to an activating group) is 1. The average Bonchev–Trinajstić information content (AvgIpc) is 2.89. The molecular weight excluding hydrogens is 271 g/mol. The second-order valence-electron chi connectivity index (χ2n) is 4.86. The maximum atomic E-state index is 13.9. The van der Waals surface area contributed by atoms with Gasteiger partial charge in [0, 0.05) is 31.4 Å². The fraction of sp³-hybridized carbons (Fsp3) is 0.267. The number of aromatic nitrogens is 2. The summed E-state index contributed by atoms with van der Waals surface area (Å²) in [5.41, 5.74) is 1.70. The quantitative estimate of drug-likeness (QED) is 0.861. The first-order chi connectivity index (χ1) is 10.0. The number of nitrogens with zero attached hydrogens (tertiary/aromatic N) is 4. The van der Waals surface area contributed by atoms with Crippen molar-refractivity contribution < 1.29 is 9.18 Å². The molecule has 0 fully saturated rings. The zero-order valence-corrected chi connectivity index (χ0v) is 11.9. The lowest BCUT2D eigenvalue weighted by Gasteiger charge is -2.09. The summed E-state index contributed by atoms with van der Waals surface area (Å²) in [6, 6.07) is 6.59. The molecule has 2 aromatic rings. The molecular formula is C15H15FN4O. The van der Waals surface area contributed by atoms with Crippen molar-refractivity contribution >= 4 is 5.91 Å². The van der Waals surface area contributed by atoms with E-state index in [1.54, 1.807) is 32.4 Å². The third kappa shape index (κ3) is 3.45. The van der Waals surface area contributed by atoms with E-state index in [-0.39, 0.29) is 24.7 Å². The second kappa shape index (κ2) is 6.18. The number of hydrogen-bond donors (Lipinski definition) is 0. The molecule has 1 aromatic heterocycles. The number of carbonyl (C=O) groups excluding carboxylic acids is 1. The van der Waals surface area contributed by atoms with Crippen molar-refractivity contribution in [3.63, 3.8) is 0 Å². The van der Waals surface area contributed by atoms with Crippen LogP contribution in [0.2, 0.25) is 0 Å². The van der Waals surface area contributed by atoms with Crippen LogP contribution >= 0.6 is 0 Å². The van der Waals surface area contributed by atoms with Crippen LogP contribution in [0.3, 0.4) is 0 Å². The fourth-order valence-corrected chi connectivity index (χ4v) is 1.86. The lowest BCUT2D eigenvalue weighted by molar-refractivity contribution is -0.129. The molecule has 108 valence electrons. The fourth-order valence-electron chi connectivity index (χ4n) is 1.86. The van der Waals surface area contributed by atoms with E-state index in [2.05, 4.69) is 5.10 Å². The Hall–Kier alpha value is -2.68. The molecule has 0 atom stereocenters. The molecule has 0 unspecified atom stereocenters. The van der Waals surface area contributed by atoms with Gasteiger partial charge in [0.2, 0.25) is 5.91 Å². The highest BCUT2D eigenvalue weighted by atomic mass is 19.1. The van der Waals surface area contributed by atoms with Crippen LogP contribution in [-0.4, -0.2) is 34.7 Å². The molecule has 0 aliphatic carbocycles. The molecule has 5 nitrogen and oxygen atoms in total. The van der Waals surface area contributed by atoms with E-state index in [9.17, 15) is 9.18 Å². The summed E-state index contributed by atoms with van der Waals surface area (Å²) in [5.74, 6) is -0.474. The molecule has 0 aliphatic heterocycles. The Kier molecular flexibility index (Phi) is 4.33. The zero-order chi connectivity index (χ0) is 15.4. The van der Waals surface area contributed by atoms with Gasteiger partial charge in [-0.05, 0) is 17.7 Å². The summed E-state index contributed by atoms with van der Waals surface area (Å²) in [5, 5.41) is 12.8. The van der Waals surface area contributed by atoms with Crippen LogP contribution in [0.5, 0.6) is 0 Å². The minimum absolute atomic E-state index is 0.0941. The highest BCUT2D eigenvalue weighted by Gasteiger charge is 2.11. The van der Waals surface area contributed by atoms with Crippen molar-refractivity contribution in [2.75, 3.05) is 14.1 Å². The Labute approximate surface area is 122 Å². The second-order valence-corrected chi connectivity index (χ2v) is 4.86. The van der Waals surface area contributed by atoms with Gasteiger partial charge in [-0.1, -0.05) is 6.07 Å². The van der Waals surface area contributed by atoms with E-state index in [0.29, 0.717) is 11.1 Å². The van der Waals surface area contributed by atoms with Crippen molar-refractivity contribution in [2.24, 2.45) is 0 Å². The zero-order valence-electron chi connectivity index (χ0n) is 11.9. The molecule has 1 heterocycles. The largest absolute Gasteiger partial charge is 0.347 e. The van der Waals surface area contributed by atoms with Gasteiger partial charge >= 0.3 is 0 Å². The predicted molar refractivity (Wildman–Crippen MR) is 75.6 cm³/mol. The first-order valence-corrected chi connectivity index (χ1v) is 6.39. The Morgan fingerprint density at radius 2 is 2.24 bits per heavy atom. The molecule has 1 aromatic carbocycles. The van der Waals surface area contributed by atoms with Gasteiger partial charge in [-0.15, -0.1) is 0 Å². The molecule has 0 N–H and O–H groups in total. The third-order valence-electron chi connectivity index (χ3n) is 3.05. The molecule has 0 saturated heterocycles. The highest BCUT2D eigenvalue weighted by Crippen LogP contribution is 2.23. The molecule has 6 heteroatoms. The van der Waals surface area contributed by atoms with E-state index in [0.717, 1.165) is 5.56 Å². The SMILES string of the molecule is CN(C)C(=O)Cn1cc(-c2cc(CC#N)ccc2F)cn1. The van der Waals surface area contributed by atoms with Gasteiger partial charge in [-0.25, -0.2) is 4.39 Å².